The van der Waals surface area contributed by atoms with E-state index < -0.39 is 0 Å². The van der Waals surface area contributed by atoms with Gasteiger partial charge in [0.1, 0.15) is 0 Å². The van der Waals surface area contributed by atoms with Crippen LogP contribution >= 0.6 is 0 Å². The number of nitrogens with zero attached hydrogens (tertiary/aromatic N) is 1. The number of aliphatic hydroxyl groups is 1. The maximum Gasteiger partial charge on any atom is 0.0791 e. The molecule has 0 amide bonds. The second-order valence-electron chi connectivity index (χ2n) is 4.24. The highest BCUT2D eigenvalue weighted by Gasteiger charge is 2.09. The van der Waals surface area contributed by atoms with Crippen LogP contribution in [0.15, 0.2) is 0 Å². The van der Waals surface area contributed by atoms with Crippen molar-refractivity contribution in [1.82, 2.24) is 10.2 Å². The molecular formula is C12H28N2O. The molecule has 0 aromatic rings. The summed E-state index contributed by atoms with van der Waals surface area (Å²) in [5.74, 6) is 0. The van der Waals surface area contributed by atoms with E-state index in [4.69, 9.17) is 0 Å². The molecule has 0 fully saturated rings. The molecule has 0 aromatic carbocycles. The summed E-state index contributed by atoms with van der Waals surface area (Å²) in [6.07, 6.45) is 2.13. The van der Waals surface area contributed by atoms with Gasteiger partial charge in [0.2, 0.25) is 0 Å². The van der Waals surface area contributed by atoms with Crippen molar-refractivity contribution in [2.45, 2.75) is 52.7 Å². The molecule has 3 heteroatoms. The Morgan fingerprint density at radius 1 is 1.20 bits per heavy atom. The Kier molecular flexibility index (Phi) is 9.06. The Morgan fingerprint density at radius 2 is 1.80 bits per heavy atom. The average molecular weight is 216 g/mol. The highest BCUT2D eigenvalue weighted by Crippen LogP contribution is 1.96. The number of likely N-dealkylation sites (N-methyl/N-ethyl adjacent to an activating group) is 1. The maximum absolute atomic E-state index is 9.79. The molecular weight excluding hydrogens is 188 g/mol. The van der Waals surface area contributed by atoms with Crippen LogP contribution in [0.2, 0.25) is 0 Å². The summed E-state index contributed by atoms with van der Waals surface area (Å²) < 4.78 is 0. The van der Waals surface area contributed by atoms with Crippen LogP contribution in [0.25, 0.3) is 0 Å². The molecule has 0 spiro atoms. The van der Waals surface area contributed by atoms with E-state index >= 15 is 0 Å². The van der Waals surface area contributed by atoms with Crippen LogP contribution < -0.4 is 5.32 Å². The molecule has 0 radical (unpaired) electrons. The second kappa shape index (κ2) is 9.13. The van der Waals surface area contributed by atoms with Gasteiger partial charge in [-0.3, -0.25) is 0 Å². The number of rotatable bonds is 9. The van der Waals surface area contributed by atoms with Crippen LogP contribution in [0.1, 0.15) is 40.5 Å². The van der Waals surface area contributed by atoms with E-state index in [0.717, 1.165) is 19.6 Å². The fourth-order valence-electron chi connectivity index (χ4n) is 1.72. The normalized spacial score (nSPS) is 15.6. The third-order valence-electron chi connectivity index (χ3n) is 2.79. The molecule has 0 bridgehead atoms. The zero-order chi connectivity index (χ0) is 11.7. The summed E-state index contributed by atoms with van der Waals surface area (Å²) in [4.78, 5) is 2.25. The van der Waals surface area contributed by atoms with E-state index in [0.29, 0.717) is 12.6 Å². The first-order valence-electron chi connectivity index (χ1n) is 6.27. The molecule has 3 nitrogen and oxygen atoms in total. The van der Waals surface area contributed by atoms with Gasteiger partial charge >= 0.3 is 0 Å². The minimum absolute atomic E-state index is 0.246. The fourth-order valence-corrected chi connectivity index (χ4v) is 1.72. The van der Waals surface area contributed by atoms with Crippen molar-refractivity contribution in [3.8, 4) is 0 Å². The summed E-state index contributed by atoms with van der Waals surface area (Å²) in [5, 5.41) is 13.2. The van der Waals surface area contributed by atoms with Crippen molar-refractivity contribution in [2.24, 2.45) is 0 Å². The van der Waals surface area contributed by atoms with Crippen LogP contribution in [0, 0.1) is 0 Å². The first-order valence-corrected chi connectivity index (χ1v) is 6.27. The Hall–Kier alpha value is -0.120. The average Bonchev–Trinajstić information content (AvgIpc) is 2.23. The van der Waals surface area contributed by atoms with Crippen molar-refractivity contribution < 1.29 is 5.11 Å². The van der Waals surface area contributed by atoms with Gasteiger partial charge in [0, 0.05) is 19.1 Å². The molecule has 0 aliphatic rings. The van der Waals surface area contributed by atoms with Crippen molar-refractivity contribution in [3.63, 3.8) is 0 Å². The number of hydrogen-bond donors (Lipinski definition) is 2. The van der Waals surface area contributed by atoms with Gasteiger partial charge in [-0.2, -0.15) is 0 Å². The highest BCUT2D eigenvalue weighted by atomic mass is 16.3. The van der Waals surface area contributed by atoms with Crippen molar-refractivity contribution in [1.29, 1.82) is 0 Å². The Morgan fingerprint density at radius 3 is 2.27 bits per heavy atom. The molecule has 2 atom stereocenters. The predicted molar refractivity (Wildman–Crippen MR) is 66.2 cm³/mol. The van der Waals surface area contributed by atoms with E-state index in [9.17, 15) is 5.11 Å². The molecule has 0 heterocycles. The molecule has 0 saturated heterocycles. The van der Waals surface area contributed by atoms with Gasteiger partial charge in [0.15, 0.2) is 0 Å². The third-order valence-corrected chi connectivity index (χ3v) is 2.79. The summed E-state index contributed by atoms with van der Waals surface area (Å²) in [7, 11) is 0. The fraction of sp³-hybridized carbons (Fsp3) is 1.00. The van der Waals surface area contributed by atoms with Gasteiger partial charge in [-0.05, 0) is 26.4 Å². The number of hydrogen-bond acceptors (Lipinski definition) is 3. The predicted octanol–water partition coefficient (Wildman–Crippen LogP) is 1.47. The Bertz CT molecular complexity index is 138. The van der Waals surface area contributed by atoms with E-state index in [1.54, 1.807) is 0 Å². The molecule has 0 aliphatic heterocycles. The summed E-state index contributed by atoms with van der Waals surface area (Å²) in [5.41, 5.74) is 0. The van der Waals surface area contributed by atoms with Crippen LogP contribution in [0.3, 0.4) is 0 Å². The van der Waals surface area contributed by atoms with Crippen LogP contribution in [-0.2, 0) is 0 Å². The van der Waals surface area contributed by atoms with Crippen LogP contribution in [-0.4, -0.2) is 48.3 Å². The van der Waals surface area contributed by atoms with Gasteiger partial charge in [0.05, 0.1) is 6.10 Å². The molecule has 0 rings (SSSR count). The lowest BCUT2D eigenvalue weighted by Crippen LogP contribution is -2.40. The van der Waals surface area contributed by atoms with Crippen LogP contribution in [0.5, 0.6) is 0 Å². The number of nitrogens with one attached hydrogen (secondary N) is 1. The lowest BCUT2D eigenvalue weighted by atomic mass is 10.2. The van der Waals surface area contributed by atoms with Gasteiger partial charge in [0.25, 0.3) is 0 Å². The Balaban J connectivity index is 3.59. The summed E-state index contributed by atoms with van der Waals surface area (Å²) >= 11 is 0. The summed E-state index contributed by atoms with van der Waals surface area (Å²) in [6.45, 7) is 12.1. The van der Waals surface area contributed by atoms with Crippen molar-refractivity contribution >= 4 is 0 Å². The van der Waals surface area contributed by atoms with Crippen molar-refractivity contribution in [3.05, 3.63) is 0 Å². The highest BCUT2D eigenvalue weighted by molar-refractivity contribution is 4.68. The standard InChI is InChI=1S/C12H28N2O/c1-5-8-11(4)13-9-12(15)10-14(6-2)7-3/h11-13,15H,5-10H2,1-4H3. The quantitative estimate of drug-likeness (QED) is 0.612. The van der Waals surface area contributed by atoms with Gasteiger partial charge in [-0.25, -0.2) is 0 Å². The van der Waals surface area contributed by atoms with E-state index in [-0.39, 0.29) is 6.10 Å². The molecule has 92 valence electrons. The van der Waals surface area contributed by atoms with Gasteiger partial charge < -0.3 is 15.3 Å². The second-order valence-corrected chi connectivity index (χ2v) is 4.24. The maximum atomic E-state index is 9.79. The van der Waals surface area contributed by atoms with Gasteiger partial charge in [-0.15, -0.1) is 0 Å². The first-order chi connectivity index (χ1) is 7.13. The molecule has 0 saturated carbocycles. The minimum Gasteiger partial charge on any atom is -0.390 e. The largest absolute Gasteiger partial charge is 0.390 e. The molecule has 2 N–H and O–H groups in total. The molecule has 0 aromatic heterocycles. The lowest BCUT2D eigenvalue weighted by Gasteiger charge is -2.23. The first kappa shape index (κ1) is 14.9. The molecule has 0 aliphatic carbocycles. The van der Waals surface area contributed by atoms with Gasteiger partial charge in [-0.1, -0.05) is 27.2 Å². The Labute approximate surface area is 94.9 Å². The minimum atomic E-state index is -0.246. The van der Waals surface area contributed by atoms with E-state index in [2.05, 4.69) is 37.9 Å². The van der Waals surface area contributed by atoms with Crippen LogP contribution in [0.4, 0.5) is 0 Å². The molecule has 2 unspecified atom stereocenters. The number of aliphatic hydroxyl groups excluding tert-OH is 1. The SMILES string of the molecule is CCCC(C)NCC(O)CN(CC)CC. The van der Waals surface area contributed by atoms with E-state index in [1.165, 1.54) is 12.8 Å². The lowest BCUT2D eigenvalue weighted by molar-refractivity contribution is 0.114. The zero-order valence-corrected chi connectivity index (χ0v) is 10.8. The third kappa shape index (κ3) is 7.77. The smallest absolute Gasteiger partial charge is 0.0791 e. The topological polar surface area (TPSA) is 35.5 Å². The summed E-state index contributed by atoms with van der Waals surface area (Å²) in [6, 6.07) is 0.515. The monoisotopic (exact) mass is 216 g/mol. The zero-order valence-electron chi connectivity index (χ0n) is 10.8. The molecule has 15 heavy (non-hydrogen) atoms. The van der Waals surface area contributed by atoms with Crippen molar-refractivity contribution in [2.75, 3.05) is 26.2 Å². The van der Waals surface area contributed by atoms with E-state index in [1.807, 2.05) is 0 Å².